The van der Waals surface area contributed by atoms with Gasteiger partial charge in [0.2, 0.25) is 11.8 Å². The first-order valence-electron chi connectivity index (χ1n) is 12.1. The van der Waals surface area contributed by atoms with Gasteiger partial charge in [0.15, 0.2) is 5.82 Å². The number of fused-ring (bicyclic) bond motifs is 3. The molecule has 2 aromatic rings. The molecule has 2 aromatic heterocycles. The summed E-state index contributed by atoms with van der Waals surface area (Å²) in [5.41, 5.74) is -4.32. The summed E-state index contributed by atoms with van der Waals surface area (Å²) in [7, 11) is 0. The number of aromatic nitrogens is 3. The number of anilines is 3. The molecule has 4 heterocycles. The minimum Gasteiger partial charge on any atom is -0.379 e. The van der Waals surface area contributed by atoms with Gasteiger partial charge in [-0.15, -0.1) is 0 Å². The van der Waals surface area contributed by atoms with Crippen LogP contribution in [0.1, 0.15) is 30.9 Å². The number of hydrogen-bond acceptors (Lipinski definition) is 8. The van der Waals surface area contributed by atoms with E-state index < -0.39 is 52.7 Å². The van der Waals surface area contributed by atoms with Gasteiger partial charge in [-0.3, -0.25) is 14.4 Å². The number of nitrogens with zero attached hydrogens (tertiary/aromatic N) is 4. The van der Waals surface area contributed by atoms with Crippen LogP contribution in [0.15, 0.2) is 23.3 Å². The number of carbonyl (C=O) groups excluding carboxylic acids is 2. The van der Waals surface area contributed by atoms with Gasteiger partial charge in [0.05, 0.1) is 48.8 Å². The summed E-state index contributed by atoms with van der Waals surface area (Å²) < 4.78 is 84.3. The first-order valence-corrected chi connectivity index (χ1v) is 12.1. The first-order chi connectivity index (χ1) is 18.7. The third-order valence-corrected chi connectivity index (χ3v) is 6.37. The number of ether oxygens (including phenoxy) is 1. The molecule has 1 unspecified atom stereocenters. The third-order valence-electron chi connectivity index (χ3n) is 6.37. The Morgan fingerprint density at radius 2 is 1.93 bits per heavy atom. The molecule has 0 spiro atoms. The van der Waals surface area contributed by atoms with Crippen LogP contribution in [0.3, 0.4) is 0 Å². The van der Waals surface area contributed by atoms with Crippen molar-refractivity contribution in [3.05, 3.63) is 39.9 Å². The van der Waals surface area contributed by atoms with Crippen molar-refractivity contribution >= 4 is 29.0 Å². The van der Waals surface area contributed by atoms with E-state index in [4.69, 9.17) is 4.74 Å². The molecule has 1 saturated heterocycles. The Hall–Kier alpha value is -3.89. The average molecular weight is 577 g/mol. The number of piperazine rings is 1. The highest BCUT2D eigenvalue weighted by Crippen LogP contribution is 2.37. The van der Waals surface area contributed by atoms with Crippen molar-refractivity contribution in [1.82, 2.24) is 20.1 Å². The Kier molecular flexibility index (Phi) is 8.23. The van der Waals surface area contributed by atoms with Gasteiger partial charge in [-0.25, -0.2) is 10.1 Å². The van der Waals surface area contributed by atoms with Gasteiger partial charge < -0.3 is 25.2 Å². The number of aromatic amines is 1. The van der Waals surface area contributed by atoms with E-state index >= 15 is 0 Å². The highest BCUT2D eigenvalue weighted by molar-refractivity contribution is 5.96. The molecule has 2 aliphatic heterocycles. The highest BCUT2D eigenvalue weighted by atomic mass is 19.4. The summed E-state index contributed by atoms with van der Waals surface area (Å²) in [6, 6.07) is -0.319. The Labute approximate surface area is 222 Å². The monoisotopic (exact) mass is 577 g/mol. The quantitative estimate of drug-likeness (QED) is 0.338. The molecule has 2 atom stereocenters. The van der Waals surface area contributed by atoms with E-state index in [9.17, 15) is 40.7 Å². The third kappa shape index (κ3) is 6.63. The Morgan fingerprint density at radius 3 is 2.62 bits per heavy atom. The number of pyridine rings is 1. The minimum atomic E-state index is -4.89. The van der Waals surface area contributed by atoms with E-state index in [0.717, 1.165) is 12.3 Å². The smallest absolute Gasteiger partial charge is 0.379 e. The Balaban J connectivity index is 1.29. The van der Waals surface area contributed by atoms with Gasteiger partial charge in [0.25, 0.3) is 5.56 Å². The normalized spacial score (nSPS) is 18.4. The maximum Gasteiger partial charge on any atom is 0.423 e. The van der Waals surface area contributed by atoms with Crippen LogP contribution in [0, 0.1) is 0 Å². The fourth-order valence-corrected chi connectivity index (χ4v) is 4.56. The number of rotatable bonds is 7. The fourth-order valence-electron chi connectivity index (χ4n) is 4.56. The largest absolute Gasteiger partial charge is 0.423 e. The van der Waals surface area contributed by atoms with Crippen molar-refractivity contribution in [2.45, 2.75) is 44.2 Å². The summed E-state index contributed by atoms with van der Waals surface area (Å²) in [6.45, 7) is 2.03. The first kappa shape index (κ1) is 29.1. The summed E-state index contributed by atoms with van der Waals surface area (Å²) in [4.78, 5) is 43.9. The standard InChI is InChI=1S/C23H25F6N7O4/c1-12(32-16-9-31-34-21(39)19(16)23(27,28)29)11-40-5-2-18(38)35-3-4-36-14(10-35)7-17(37)33-15-6-13(22(24,25)26)8-30-20(15)36/h6,8-9,12,14H,2-5,7,10-11H2,1H3,(H,33,37)(H2,32,34,39)/t12-,14?/m0/s1. The van der Waals surface area contributed by atoms with Crippen molar-refractivity contribution in [2.24, 2.45) is 0 Å². The second-order valence-corrected chi connectivity index (χ2v) is 9.39. The van der Waals surface area contributed by atoms with Gasteiger partial charge >= 0.3 is 12.4 Å². The maximum absolute atomic E-state index is 13.2. The number of amides is 2. The SMILES string of the molecule is C[C@@H](COCCC(=O)N1CCN2c3ncc(C(F)(F)F)cc3NC(=O)CC2C1)Nc1cn[nH]c(=O)c1C(F)(F)F. The lowest BCUT2D eigenvalue weighted by Gasteiger charge is -2.41. The Bertz CT molecular complexity index is 1320. The second-order valence-electron chi connectivity index (χ2n) is 9.39. The van der Waals surface area contributed by atoms with Crippen LogP contribution in [0.5, 0.6) is 0 Å². The van der Waals surface area contributed by atoms with Crippen molar-refractivity contribution < 1.29 is 40.7 Å². The molecular weight excluding hydrogens is 552 g/mol. The zero-order chi connectivity index (χ0) is 29.2. The lowest BCUT2D eigenvalue weighted by atomic mass is 10.1. The van der Waals surface area contributed by atoms with E-state index in [1.807, 2.05) is 0 Å². The van der Waals surface area contributed by atoms with Crippen molar-refractivity contribution in [3.63, 3.8) is 0 Å². The number of carbonyl (C=O) groups is 2. The van der Waals surface area contributed by atoms with Crippen LogP contribution < -0.4 is 21.1 Å². The van der Waals surface area contributed by atoms with Crippen LogP contribution in [0.4, 0.5) is 43.5 Å². The lowest BCUT2D eigenvalue weighted by molar-refractivity contribution is -0.138. The zero-order valence-electron chi connectivity index (χ0n) is 21.0. The maximum atomic E-state index is 13.2. The molecule has 4 rings (SSSR count). The summed E-state index contributed by atoms with van der Waals surface area (Å²) >= 11 is 0. The van der Waals surface area contributed by atoms with Crippen molar-refractivity contribution in [1.29, 1.82) is 0 Å². The molecule has 0 radical (unpaired) electrons. The number of H-pyrrole nitrogens is 1. The molecule has 0 saturated carbocycles. The van der Waals surface area contributed by atoms with Gasteiger partial charge in [-0.1, -0.05) is 0 Å². The summed E-state index contributed by atoms with van der Waals surface area (Å²) in [5, 5.41) is 10.1. The van der Waals surface area contributed by atoms with Crippen LogP contribution in [0.25, 0.3) is 0 Å². The zero-order valence-corrected chi connectivity index (χ0v) is 21.0. The molecule has 0 bridgehead atoms. The number of hydrogen-bond donors (Lipinski definition) is 3. The number of nitrogens with one attached hydrogen (secondary N) is 3. The molecule has 218 valence electrons. The molecular formula is C23H25F6N7O4. The molecule has 2 aliphatic rings. The molecule has 11 nitrogen and oxygen atoms in total. The summed E-state index contributed by atoms with van der Waals surface area (Å²) in [6.07, 6.45) is -8.06. The molecule has 40 heavy (non-hydrogen) atoms. The van der Waals surface area contributed by atoms with E-state index in [1.165, 1.54) is 11.8 Å². The van der Waals surface area contributed by atoms with E-state index in [2.05, 4.69) is 20.7 Å². The van der Waals surface area contributed by atoms with E-state index in [-0.39, 0.29) is 63.1 Å². The summed E-state index contributed by atoms with van der Waals surface area (Å²) in [5.74, 6) is -0.591. The fraction of sp³-hybridized carbons (Fsp3) is 0.522. The van der Waals surface area contributed by atoms with E-state index in [1.54, 1.807) is 10.00 Å². The van der Waals surface area contributed by atoms with Crippen LogP contribution in [-0.2, 0) is 26.7 Å². The van der Waals surface area contributed by atoms with Gasteiger partial charge in [-0.05, 0) is 13.0 Å². The van der Waals surface area contributed by atoms with Gasteiger partial charge in [-0.2, -0.15) is 31.4 Å². The van der Waals surface area contributed by atoms with Crippen molar-refractivity contribution in [3.8, 4) is 0 Å². The van der Waals surface area contributed by atoms with Crippen LogP contribution >= 0.6 is 0 Å². The lowest BCUT2D eigenvalue weighted by Crippen LogP contribution is -2.55. The topological polar surface area (TPSA) is 133 Å². The Morgan fingerprint density at radius 1 is 1.18 bits per heavy atom. The molecule has 3 N–H and O–H groups in total. The van der Waals surface area contributed by atoms with Crippen LogP contribution in [0.2, 0.25) is 0 Å². The average Bonchev–Trinajstić information content (AvgIpc) is 2.99. The predicted octanol–water partition coefficient (Wildman–Crippen LogP) is 2.47. The molecule has 1 fully saturated rings. The molecule has 2 amide bonds. The van der Waals surface area contributed by atoms with Gasteiger partial charge in [0.1, 0.15) is 5.56 Å². The van der Waals surface area contributed by atoms with Crippen molar-refractivity contribution in [2.75, 3.05) is 48.4 Å². The number of alkyl halides is 6. The second kappa shape index (κ2) is 11.3. The predicted molar refractivity (Wildman–Crippen MR) is 129 cm³/mol. The molecule has 0 aromatic carbocycles. The minimum absolute atomic E-state index is 0.0411. The van der Waals surface area contributed by atoms with Gasteiger partial charge in [0, 0.05) is 38.3 Å². The molecule has 17 heteroatoms. The highest BCUT2D eigenvalue weighted by Gasteiger charge is 2.39. The van der Waals surface area contributed by atoms with E-state index in [0.29, 0.717) is 6.20 Å². The molecule has 0 aliphatic carbocycles. The number of halogens is 6. The van der Waals surface area contributed by atoms with Crippen LogP contribution in [-0.4, -0.2) is 76.8 Å².